The van der Waals surface area contributed by atoms with E-state index in [0.717, 1.165) is 0 Å². The molecule has 1 saturated heterocycles. The van der Waals surface area contributed by atoms with Crippen LogP contribution in [-0.4, -0.2) is 125 Å². The van der Waals surface area contributed by atoms with Crippen molar-refractivity contribution in [3.8, 4) is 46.0 Å². The van der Waals surface area contributed by atoms with Gasteiger partial charge in [0.2, 0.25) is 0 Å². The quantitative estimate of drug-likeness (QED) is 0.0961. The van der Waals surface area contributed by atoms with Gasteiger partial charge in [0, 0.05) is 7.11 Å². The lowest BCUT2D eigenvalue weighted by atomic mass is 9.97. The van der Waals surface area contributed by atoms with Crippen LogP contribution in [0.1, 0.15) is 41.4 Å². The van der Waals surface area contributed by atoms with Gasteiger partial charge in [-0.3, -0.25) is 0 Å². The van der Waals surface area contributed by atoms with Gasteiger partial charge < -0.3 is 66.3 Å². The Balaban J connectivity index is 1.59. The molecule has 0 aliphatic carbocycles. The normalized spacial score (nSPS) is 18.1. The number of rotatable bonds is 18. The summed E-state index contributed by atoms with van der Waals surface area (Å²) in [5.74, 6) is -1.46. The molecule has 61 heavy (non-hydrogen) atoms. The molecule has 0 radical (unpaired) electrons. The Kier molecular flexibility index (Phi) is 15.4. The van der Waals surface area contributed by atoms with Crippen LogP contribution >= 0.6 is 0 Å². The number of hydrogen-bond acceptors (Lipinski definition) is 18. The van der Waals surface area contributed by atoms with E-state index < -0.39 is 61.2 Å². The molecule has 0 spiro atoms. The van der Waals surface area contributed by atoms with E-state index in [-0.39, 0.29) is 45.3 Å². The zero-order valence-electron chi connectivity index (χ0n) is 34.9. The van der Waals surface area contributed by atoms with Crippen LogP contribution in [0.3, 0.4) is 0 Å². The van der Waals surface area contributed by atoms with E-state index in [9.17, 15) is 19.2 Å². The molecule has 18 heteroatoms. The molecule has 1 aliphatic heterocycles. The van der Waals surface area contributed by atoms with E-state index in [1.165, 1.54) is 137 Å². The number of ether oxygens (including phenoxy) is 14. The Hall–Kier alpha value is -6.92. The molecule has 0 amide bonds. The van der Waals surface area contributed by atoms with Crippen LogP contribution in [0.15, 0.2) is 72.8 Å². The summed E-state index contributed by atoms with van der Waals surface area (Å²) >= 11 is 0. The highest BCUT2D eigenvalue weighted by molar-refractivity contribution is 5.93. The Bertz CT molecular complexity index is 2190. The summed E-state index contributed by atoms with van der Waals surface area (Å²) in [6.07, 6.45) is -7.91. The van der Waals surface area contributed by atoms with E-state index in [2.05, 4.69) is 0 Å². The Labute approximate surface area is 351 Å². The van der Waals surface area contributed by atoms with E-state index >= 15 is 0 Å². The average molecular weight is 851 g/mol. The molecular weight excluding hydrogens is 804 g/mol. The fourth-order valence-electron chi connectivity index (χ4n) is 6.27. The summed E-state index contributed by atoms with van der Waals surface area (Å²) in [6, 6.07) is 17.2. The summed E-state index contributed by atoms with van der Waals surface area (Å²) in [4.78, 5) is 55.6. The standard InChI is InChI=1S/C43H46O18/c1-48-27-14-10-23(18-31(27)52-5)39(44)57-22-35-36(59-40(45)24-11-15-28(49-2)32(19-24)53-6)37(60-41(46)25-12-16-29(50-3)33(20-25)54-7)38(43(56-9)58-35)61-42(47)26-13-17-30(51-4)34(21-26)55-8/h10-21,35-38,43H,22H2,1-9H3/t35-,36-,37+,38-,43-/m1/s1. The molecule has 0 aromatic heterocycles. The molecule has 5 rings (SSSR count). The lowest BCUT2D eigenvalue weighted by Gasteiger charge is -2.44. The first-order valence-electron chi connectivity index (χ1n) is 18.3. The molecule has 1 fully saturated rings. The van der Waals surface area contributed by atoms with Gasteiger partial charge in [-0.2, -0.15) is 0 Å². The second-order valence-corrected chi connectivity index (χ2v) is 12.8. The van der Waals surface area contributed by atoms with E-state index in [0.29, 0.717) is 23.0 Å². The first kappa shape index (κ1) is 45.2. The fourth-order valence-corrected chi connectivity index (χ4v) is 6.27. The van der Waals surface area contributed by atoms with E-state index in [4.69, 9.17) is 66.3 Å². The molecule has 1 aliphatic rings. The van der Waals surface area contributed by atoms with Crippen LogP contribution in [0, 0.1) is 0 Å². The third-order valence-electron chi connectivity index (χ3n) is 9.41. The third-order valence-corrected chi connectivity index (χ3v) is 9.41. The van der Waals surface area contributed by atoms with Gasteiger partial charge in [-0.1, -0.05) is 0 Å². The topological polar surface area (TPSA) is 197 Å². The zero-order valence-corrected chi connectivity index (χ0v) is 34.9. The fraction of sp³-hybridized carbons (Fsp3) is 0.349. The van der Waals surface area contributed by atoms with Crippen LogP contribution in [0.4, 0.5) is 0 Å². The smallest absolute Gasteiger partial charge is 0.338 e. The maximum Gasteiger partial charge on any atom is 0.338 e. The Morgan fingerprint density at radius 2 is 0.721 bits per heavy atom. The van der Waals surface area contributed by atoms with Crippen molar-refractivity contribution in [2.75, 3.05) is 70.6 Å². The van der Waals surface area contributed by atoms with Gasteiger partial charge in [-0.15, -0.1) is 0 Å². The molecule has 0 saturated carbocycles. The molecule has 0 unspecified atom stereocenters. The maximum absolute atomic E-state index is 14.1. The molecule has 4 aromatic carbocycles. The van der Waals surface area contributed by atoms with Crippen LogP contribution in [0.2, 0.25) is 0 Å². The van der Waals surface area contributed by atoms with Crippen molar-refractivity contribution in [1.82, 2.24) is 0 Å². The number of carbonyl (C=O) groups is 4. The number of hydrogen-bond donors (Lipinski definition) is 0. The Morgan fingerprint density at radius 3 is 1.05 bits per heavy atom. The van der Waals surface area contributed by atoms with Crippen molar-refractivity contribution in [2.24, 2.45) is 0 Å². The van der Waals surface area contributed by atoms with Crippen molar-refractivity contribution in [2.45, 2.75) is 30.7 Å². The summed E-state index contributed by atoms with van der Waals surface area (Å²) < 4.78 is 78.5. The molecule has 5 atom stereocenters. The predicted octanol–water partition coefficient (Wildman–Crippen LogP) is 4.96. The van der Waals surface area contributed by atoms with Gasteiger partial charge >= 0.3 is 23.9 Å². The highest BCUT2D eigenvalue weighted by Gasteiger charge is 2.53. The third kappa shape index (κ3) is 10.3. The first-order valence-corrected chi connectivity index (χ1v) is 18.3. The number of carbonyl (C=O) groups excluding carboxylic acids is 4. The minimum absolute atomic E-state index is 0.00214. The number of esters is 4. The van der Waals surface area contributed by atoms with Crippen LogP contribution in [-0.2, 0) is 28.4 Å². The highest BCUT2D eigenvalue weighted by atomic mass is 16.7. The maximum atomic E-state index is 14.1. The lowest BCUT2D eigenvalue weighted by molar-refractivity contribution is -0.291. The van der Waals surface area contributed by atoms with Gasteiger partial charge in [0.05, 0.1) is 79.1 Å². The van der Waals surface area contributed by atoms with Crippen molar-refractivity contribution in [1.29, 1.82) is 0 Å². The number of benzene rings is 4. The SMILES string of the molecule is COc1ccc(C(=O)OC[C@H]2O[C@@H](OC)[C@H](OC(=O)c3ccc(OC)c(OC)c3)[C@@H](OC(=O)c3ccc(OC)c(OC)c3)[C@@H]2OC(=O)c2ccc(OC)c(OC)c2)cc1OC. The summed E-state index contributed by atoms with van der Waals surface area (Å²) in [6.45, 7) is -0.600. The number of methoxy groups -OCH3 is 9. The van der Waals surface area contributed by atoms with Crippen molar-refractivity contribution < 1.29 is 85.5 Å². The molecule has 0 N–H and O–H groups in total. The summed E-state index contributed by atoms with van der Waals surface area (Å²) in [5, 5.41) is 0. The zero-order chi connectivity index (χ0) is 44.2. The van der Waals surface area contributed by atoms with Crippen molar-refractivity contribution in [3.63, 3.8) is 0 Å². The second-order valence-electron chi connectivity index (χ2n) is 12.8. The molecule has 18 nitrogen and oxygen atoms in total. The van der Waals surface area contributed by atoms with Gasteiger partial charge in [-0.25, -0.2) is 19.2 Å². The van der Waals surface area contributed by atoms with E-state index in [1.54, 1.807) is 0 Å². The first-order chi connectivity index (χ1) is 29.5. The van der Waals surface area contributed by atoms with Gasteiger partial charge in [0.15, 0.2) is 70.6 Å². The molecular formula is C43H46O18. The summed E-state index contributed by atoms with van der Waals surface area (Å²) in [5.41, 5.74) is 0.0389. The molecule has 0 bridgehead atoms. The van der Waals surface area contributed by atoms with Gasteiger partial charge in [0.1, 0.15) is 12.7 Å². The lowest BCUT2D eigenvalue weighted by Crippen LogP contribution is -2.63. The van der Waals surface area contributed by atoms with Crippen molar-refractivity contribution in [3.05, 3.63) is 95.1 Å². The second kappa shape index (κ2) is 20.9. The Morgan fingerprint density at radius 1 is 0.410 bits per heavy atom. The minimum atomic E-state index is -1.70. The van der Waals surface area contributed by atoms with Crippen LogP contribution < -0.4 is 37.9 Å². The van der Waals surface area contributed by atoms with Crippen LogP contribution in [0.25, 0.3) is 0 Å². The average Bonchev–Trinajstić information content (AvgIpc) is 3.30. The predicted molar refractivity (Wildman–Crippen MR) is 212 cm³/mol. The summed E-state index contributed by atoms with van der Waals surface area (Å²) in [7, 11) is 12.5. The van der Waals surface area contributed by atoms with Crippen molar-refractivity contribution >= 4 is 23.9 Å². The molecule has 326 valence electrons. The highest BCUT2D eigenvalue weighted by Crippen LogP contribution is 2.35. The minimum Gasteiger partial charge on any atom is -0.493 e. The molecule has 4 aromatic rings. The monoisotopic (exact) mass is 850 g/mol. The van der Waals surface area contributed by atoms with Gasteiger partial charge in [-0.05, 0) is 72.8 Å². The molecule has 1 heterocycles. The van der Waals surface area contributed by atoms with Crippen LogP contribution in [0.5, 0.6) is 46.0 Å². The van der Waals surface area contributed by atoms with E-state index in [1.807, 2.05) is 0 Å². The van der Waals surface area contributed by atoms with Gasteiger partial charge in [0.25, 0.3) is 0 Å². The largest absolute Gasteiger partial charge is 0.493 e.